The fourth-order valence-electron chi connectivity index (χ4n) is 3.09. The first-order valence-electron chi connectivity index (χ1n) is 6.98. The van der Waals surface area contributed by atoms with Crippen LogP contribution >= 0.6 is 0 Å². The number of aromatic nitrogens is 2. The molecule has 2 unspecified atom stereocenters. The number of likely N-dealkylation sites (tertiary alicyclic amines) is 1. The minimum atomic E-state index is -0.0538. The Kier molecular flexibility index (Phi) is 4.28. The average Bonchev–Trinajstić information content (AvgIpc) is 2.70. The first-order valence-corrected chi connectivity index (χ1v) is 6.98. The van der Waals surface area contributed by atoms with Crippen LogP contribution in [-0.2, 0) is 11.8 Å². The first kappa shape index (κ1) is 14.5. The largest absolute Gasteiger partial charge is 0.377 e. The van der Waals surface area contributed by atoms with Gasteiger partial charge in [0.2, 0.25) is 0 Å². The Labute approximate surface area is 115 Å². The van der Waals surface area contributed by atoms with Crippen molar-refractivity contribution >= 4 is 0 Å². The van der Waals surface area contributed by atoms with E-state index in [9.17, 15) is 0 Å². The summed E-state index contributed by atoms with van der Waals surface area (Å²) in [6.07, 6.45) is 4.36. The van der Waals surface area contributed by atoms with E-state index in [0.717, 1.165) is 31.6 Å². The zero-order valence-electron chi connectivity index (χ0n) is 12.5. The van der Waals surface area contributed by atoms with Crippen molar-refractivity contribution in [2.45, 2.75) is 38.3 Å². The number of methoxy groups -OCH3 is 1. The van der Waals surface area contributed by atoms with Crippen molar-refractivity contribution in [3.05, 3.63) is 17.5 Å². The second-order valence-corrected chi connectivity index (χ2v) is 5.82. The van der Waals surface area contributed by atoms with E-state index in [0.29, 0.717) is 6.54 Å². The summed E-state index contributed by atoms with van der Waals surface area (Å²) in [5.74, 6) is 0. The van der Waals surface area contributed by atoms with Gasteiger partial charge in [-0.1, -0.05) is 0 Å². The lowest BCUT2D eigenvalue weighted by atomic mass is 9.92. The highest BCUT2D eigenvalue weighted by Crippen LogP contribution is 2.31. The zero-order valence-corrected chi connectivity index (χ0v) is 12.5. The summed E-state index contributed by atoms with van der Waals surface area (Å²) in [7, 11) is 3.76. The Hall–Kier alpha value is -0.910. The first-order chi connectivity index (χ1) is 8.99. The molecule has 2 heterocycles. The van der Waals surface area contributed by atoms with Crippen LogP contribution in [0.2, 0.25) is 0 Å². The van der Waals surface area contributed by atoms with Gasteiger partial charge in [0.15, 0.2) is 0 Å². The number of aryl methyl sites for hydroxylation is 2. The van der Waals surface area contributed by atoms with Gasteiger partial charge in [-0.3, -0.25) is 9.58 Å². The summed E-state index contributed by atoms with van der Waals surface area (Å²) in [5, 5.41) is 4.43. The van der Waals surface area contributed by atoms with Crippen molar-refractivity contribution in [3.8, 4) is 0 Å². The fraction of sp³-hybridized carbons (Fsp3) is 0.786. The molecule has 1 aromatic heterocycles. The molecule has 0 amide bonds. The van der Waals surface area contributed by atoms with Crippen LogP contribution in [0.25, 0.3) is 0 Å². The van der Waals surface area contributed by atoms with Crippen LogP contribution < -0.4 is 5.73 Å². The number of rotatable bonds is 4. The smallest absolute Gasteiger partial charge is 0.0777 e. The molecule has 1 fully saturated rings. The molecule has 19 heavy (non-hydrogen) atoms. The van der Waals surface area contributed by atoms with Crippen LogP contribution in [0.4, 0.5) is 0 Å². The van der Waals surface area contributed by atoms with Gasteiger partial charge in [-0.25, -0.2) is 0 Å². The normalized spacial score (nSPS) is 26.6. The third-order valence-corrected chi connectivity index (χ3v) is 4.26. The number of ether oxygens (including phenoxy) is 1. The standard InChI is InChI=1S/C14H26N4O/c1-11-12(9-17(3)16-11)13(8-15)18-7-5-6-14(2,10-18)19-4/h9,13H,5-8,10,15H2,1-4H3. The van der Waals surface area contributed by atoms with Crippen LogP contribution in [0.15, 0.2) is 6.20 Å². The Balaban J connectivity index is 2.20. The van der Waals surface area contributed by atoms with E-state index in [-0.39, 0.29) is 11.6 Å². The second kappa shape index (κ2) is 5.61. The maximum atomic E-state index is 6.02. The van der Waals surface area contributed by atoms with Gasteiger partial charge in [-0.15, -0.1) is 0 Å². The number of nitrogens with zero attached hydrogens (tertiary/aromatic N) is 3. The summed E-state index contributed by atoms with van der Waals surface area (Å²) < 4.78 is 7.54. The van der Waals surface area contributed by atoms with Crippen molar-refractivity contribution in [1.82, 2.24) is 14.7 Å². The third kappa shape index (κ3) is 2.99. The van der Waals surface area contributed by atoms with Crippen LogP contribution in [0.1, 0.15) is 37.1 Å². The van der Waals surface area contributed by atoms with Crippen LogP contribution in [-0.4, -0.2) is 47.0 Å². The van der Waals surface area contributed by atoms with Crippen molar-refractivity contribution in [3.63, 3.8) is 0 Å². The molecule has 1 saturated heterocycles. The lowest BCUT2D eigenvalue weighted by molar-refractivity contribution is -0.0608. The molecule has 1 aromatic rings. The quantitative estimate of drug-likeness (QED) is 0.890. The Bertz CT molecular complexity index is 431. The van der Waals surface area contributed by atoms with Crippen molar-refractivity contribution in [2.24, 2.45) is 12.8 Å². The summed E-state index contributed by atoms with van der Waals surface area (Å²) in [6, 6.07) is 0.239. The molecule has 5 heteroatoms. The summed E-state index contributed by atoms with van der Waals surface area (Å²) in [6.45, 7) is 6.86. The number of hydrogen-bond acceptors (Lipinski definition) is 4. The third-order valence-electron chi connectivity index (χ3n) is 4.26. The predicted molar refractivity (Wildman–Crippen MR) is 76.0 cm³/mol. The van der Waals surface area contributed by atoms with Gasteiger partial charge < -0.3 is 10.5 Å². The SMILES string of the molecule is COC1(C)CCCN(C(CN)c2cn(C)nc2C)C1. The van der Waals surface area contributed by atoms with Crippen LogP contribution in [0.5, 0.6) is 0 Å². The molecular weight excluding hydrogens is 240 g/mol. The summed E-state index contributed by atoms with van der Waals surface area (Å²) >= 11 is 0. The molecule has 1 aliphatic heterocycles. The van der Waals surface area contributed by atoms with Crippen LogP contribution in [0.3, 0.4) is 0 Å². The zero-order chi connectivity index (χ0) is 14.0. The van der Waals surface area contributed by atoms with Gasteiger partial charge >= 0.3 is 0 Å². The van der Waals surface area contributed by atoms with Gasteiger partial charge in [0.1, 0.15) is 0 Å². The predicted octanol–water partition coefficient (Wildman–Crippen LogP) is 1.23. The summed E-state index contributed by atoms with van der Waals surface area (Å²) in [4.78, 5) is 2.44. The van der Waals surface area contributed by atoms with Gasteiger partial charge in [0.05, 0.1) is 17.3 Å². The highest BCUT2D eigenvalue weighted by molar-refractivity contribution is 5.21. The van der Waals surface area contributed by atoms with E-state index in [1.54, 1.807) is 7.11 Å². The molecule has 1 aliphatic rings. The molecule has 0 saturated carbocycles. The number of nitrogens with two attached hydrogens (primary N) is 1. The summed E-state index contributed by atoms with van der Waals surface area (Å²) in [5.41, 5.74) is 8.28. The van der Waals surface area contributed by atoms with Gasteiger partial charge in [0, 0.05) is 39.0 Å². The Morgan fingerprint density at radius 1 is 1.58 bits per heavy atom. The number of hydrogen-bond donors (Lipinski definition) is 1. The van der Waals surface area contributed by atoms with Gasteiger partial charge in [-0.2, -0.15) is 5.10 Å². The maximum absolute atomic E-state index is 6.02. The minimum absolute atomic E-state index is 0.0538. The molecule has 2 N–H and O–H groups in total. The molecule has 2 rings (SSSR count). The molecular formula is C14H26N4O. The van der Waals surface area contributed by atoms with E-state index < -0.39 is 0 Å². The monoisotopic (exact) mass is 266 g/mol. The number of piperidine rings is 1. The lowest BCUT2D eigenvalue weighted by Crippen LogP contribution is -2.50. The minimum Gasteiger partial charge on any atom is -0.377 e. The lowest BCUT2D eigenvalue weighted by Gasteiger charge is -2.42. The molecule has 0 aliphatic carbocycles. The molecule has 0 radical (unpaired) electrons. The molecule has 5 nitrogen and oxygen atoms in total. The Morgan fingerprint density at radius 2 is 2.32 bits per heavy atom. The molecule has 108 valence electrons. The van der Waals surface area contributed by atoms with Crippen molar-refractivity contribution in [1.29, 1.82) is 0 Å². The Morgan fingerprint density at radius 3 is 2.84 bits per heavy atom. The topological polar surface area (TPSA) is 56.3 Å². The second-order valence-electron chi connectivity index (χ2n) is 5.82. The highest BCUT2D eigenvalue weighted by atomic mass is 16.5. The van der Waals surface area contributed by atoms with Gasteiger partial charge in [-0.05, 0) is 33.2 Å². The molecule has 0 bridgehead atoms. The van der Waals surface area contributed by atoms with E-state index in [1.165, 1.54) is 5.56 Å². The van der Waals surface area contributed by atoms with E-state index in [4.69, 9.17) is 10.5 Å². The molecule has 0 spiro atoms. The van der Waals surface area contributed by atoms with Gasteiger partial charge in [0.25, 0.3) is 0 Å². The van der Waals surface area contributed by atoms with Crippen LogP contribution in [0, 0.1) is 6.92 Å². The molecule has 0 aromatic carbocycles. The fourth-order valence-corrected chi connectivity index (χ4v) is 3.09. The van der Waals surface area contributed by atoms with E-state index in [1.807, 2.05) is 11.7 Å². The highest BCUT2D eigenvalue weighted by Gasteiger charge is 2.34. The van der Waals surface area contributed by atoms with Crippen molar-refractivity contribution < 1.29 is 4.74 Å². The average molecular weight is 266 g/mol. The van der Waals surface area contributed by atoms with Crippen molar-refractivity contribution in [2.75, 3.05) is 26.7 Å². The maximum Gasteiger partial charge on any atom is 0.0777 e. The molecule has 2 atom stereocenters. The van der Waals surface area contributed by atoms with E-state index >= 15 is 0 Å². The van der Waals surface area contributed by atoms with E-state index in [2.05, 4.69) is 30.0 Å².